The van der Waals surface area contributed by atoms with E-state index in [-0.39, 0.29) is 5.56 Å². The third kappa shape index (κ3) is 2.74. The third-order valence-corrected chi connectivity index (χ3v) is 4.65. The molecule has 0 fully saturated rings. The van der Waals surface area contributed by atoms with E-state index >= 15 is 0 Å². The Bertz CT molecular complexity index is 828. The van der Waals surface area contributed by atoms with Crippen molar-refractivity contribution >= 4 is 44.8 Å². The highest BCUT2D eigenvalue weighted by molar-refractivity contribution is 9.10. The number of para-hydroxylation sites is 1. The van der Waals surface area contributed by atoms with Crippen molar-refractivity contribution in [3.8, 4) is 16.9 Å². The van der Waals surface area contributed by atoms with E-state index in [2.05, 4.69) is 21.0 Å². The molecule has 1 aromatic carbocycles. The molecule has 3 rings (SSSR count). The number of halogens is 2. The molecule has 0 bridgehead atoms. The first-order chi connectivity index (χ1) is 10.1. The van der Waals surface area contributed by atoms with Gasteiger partial charge in [0.05, 0.1) is 10.0 Å². The number of thiophene rings is 1. The Morgan fingerprint density at radius 1 is 1.38 bits per heavy atom. The van der Waals surface area contributed by atoms with Crippen molar-refractivity contribution in [3.63, 3.8) is 0 Å². The molecule has 1 N–H and O–H groups in total. The van der Waals surface area contributed by atoms with Crippen LogP contribution in [0.1, 0.15) is 10.4 Å². The van der Waals surface area contributed by atoms with Crippen molar-refractivity contribution < 1.29 is 9.90 Å². The summed E-state index contributed by atoms with van der Waals surface area (Å²) in [5, 5.41) is 15.6. The fourth-order valence-electron chi connectivity index (χ4n) is 1.94. The topological polar surface area (TPSA) is 55.1 Å². The van der Waals surface area contributed by atoms with Gasteiger partial charge in [-0.1, -0.05) is 23.7 Å². The summed E-state index contributed by atoms with van der Waals surface area (Å²) in [7, 11) is 0. The van der Waals surface area contributed by atoms with Gasteiger partial charge in [0.2, 0.25) is 0 Å². The van der Waals surface area contributed by atoms with E-state index in [1.54, 1.807) is 16.1 Å². The van der Waals surface area contributed by atoms with Gasteiger partial charge in [0.15, 0.2) is 0 Å². The van der Waals surface area contributed by atoms with Crippen LogP contribution in [0.15, 0.2) is 46.4 Å². The first kappa shape index (κ1) is 14.3. The van der Waals surface area contributed by atoms with Gasteiger partial charge in [-0.3, -0.25) is 0 Å². The van der Waals surface area contributed by atoms with Crippen LogP contribution in [0.3, 0.4) is 0 Å². The van der Waals surface area contributed by atoms with E-state index < -0.39 is 5.97 Å². The first-order valence-corrected chi connectivity index (χ1v) is 7.93. The molecule has 7 heteroatoms. The third-order valence-electron chi connectivity index (χ3n) is 2.88. The van der Waals surface area contributed by atoms with Crippen LogP contribution in [-0.2, 0) is 0 Å². The largest absolute Gasteiger partial charge is 0.478 e. The summed E-state index contributed by atoms with van der Waals surface area (Å²) in [4.78, 5) is 11.4. The van der Waals surface area contributed by atoms with Gasteiger partial charge >= 0.3 is 5.97 Å². The average molecular weight is 384 g/mol. The lowest BCUT2D eigenvalue weighted by molar-refractivity contribution is 0.0697. The van der Waals surface area contributed by atoms with Gasteiger partial charge < -0.3 is 5.11 Å². The Morgan fingerprint density at radius 2 is 2.14 bits per heavy atom. The van der Waals surface area contributed by atoms with Crippen LogP contribution in [0, 0.1) is 0 Å². The molecule has 21 heavy (non-hydrogen) atoms. The summed E-state index contributed by atoms with van der Waals surface area (Å²) >= 11 is 10.7. The smallest absolute Gasteiger partial charge is 0.339 e. The number of carboxylic acids is 1. The second kappa shape index (κ2) is 5.63. The average Bonchev–Trinajstić information content (AvgIpc) is 3.05. The van der Waals surface area contributed by atoms with E-state index in [1.807, 2.05) is 24.3 Å². The molecule has 0 amide bonds. The molecule has 0 unspecified atom stereocenters. The Labute approximate surface area is 137 Å². The number of carboxylic acid groups (broad SMARTS) is 1. The number of nitrogens with zero attached hydrogens (tertiary/aromatic N) is 2. The molecule has 0 saturated carbocycles. The zero-order valence-electron chi connectivity index (χ0n) is 10.5. The summed E-state index contributed by atoms with van der Waals surface area (Å²) in [5.41, 5.74) is 2.02. The molecule has 4 nitrogen and oxygen atoms in total. The SMILES string of the molecule is O=C(O)c1cn(-c2ccccc2Br)nc1-c1csc(Cl)c1. The summed E-state index contributed by atoms with van der Waals surface area (Å²) in [6.45, 7) is 0. The molecule has 3 aromatic rings. The highest BCUT2D eigenvalue weighted by Gasteiger charge is 2.19. The van der Waals surface area contributed by atoms with E-state index in [9.17, 15) is 9.90 Å². The number of hydrogen-bond acceptors (Lipinski definition) is 3. The summed E-state index contributed by atoms with van der Waals surface area (Å²) < 4.78 is 2.98. The van der Waals surface area contributed by atoms with Gasteiger partial charge in [0.25, 0.3) is 0 Å². The van der Waals surface area contributed by atoms with Gasteiger partial charge in [-0.15, -0.1) is 11.3 Å². The van der Waals surface area contributed by atoms with Crippen LogP contribution in [0.2, 0.25) is 4.34 Å². The molecule has 2 heterocycles. The summed E-state index contributed by atoms with van der Waals surface area (Å²) in [6, 6.07) is 9.19. The maximum absolute atomic E-state index is 11.4. The molecular formula is C14H8BrClN2O2S. The molecule has 2 aromatic heterocycles. The van der Waals surface area contributed by atoms with Crippen molar-refractivity contribution in [1.82, 2.24) is 9.78 Å². The standard InChI is InChI=1S/C14H8BrClN2O2S/c15-10-3-1-2-4-11(10)18-6-9(14(19)20)13(17-18)8-5-12(16)21-7-8/h1-7H,(H,19,20). The fraction of sp³-hybridized carbons (Fsp3) is 0. The minimum Gasteiger partial charge on any atom is -0.478 e. The van der Waals surface area contributed by atoms with Crippen molar-refractivity contribution in [1.29, 1.82) is 0 Å². The number of benzene rings is 1. The predicted molar refractivity (Wildman–Crippen MR) is 86.5 cm³/mol. The molecule has 0 aliphatic rings. The van der Waals surface area contributed by atoms with Crippen molar-refractivity contribution in [2.45, 2.75) is 0 Å². The molecular weight excluding hydrogens is 376 g/mol. The quantitative estimate of drug-likeness (QED) is 0.712. The molecule has 0 aliphatic carbocycles. The normalized spacial score (nSPS) is 10.8. The maximum atomic E-state index is 11.4. The molecule has 106 valence electrons. The van der Waals surface area contributed by atoms with Crippen LogP contribution in [0.4, 0.5) is 0 Å². The van der Waals surface area contributed by atoms with Crippen LogP contribution in [-0.4, -0.2) is 20.9 Å². The van der Waals surface area contributed by atoms with Crippen molar-refractivity contribution in [3.05, 3.63) is 56.3 Å². The van der Waals surface area contributed by atoms with Crippen LogP contribution in [0.5, 0.6) is 0 Å². The van der Waals surface area contributed by atoms with Gasteiger partial charge in [0, 0.05) is 21.6 Å². The zero-order valence-corrected chi connectivity index (χ0v) is 13.6. The number of carbonyl (C=O) groups is 1. The van der Waals surface area contributed by atoms with E-state index in [4.69, 9.17) is 11.6 Å². The highest BCUT2D eigenvalue weighted by atomic mass is 79.9. The van der Waals surface area contributed by atoms with Gasteiger partial charge in [-0.2, -0.15) is 5.10 Å². The first-order valence-electron chi connectivity index (χ1n) is 5.88. The summed E-state index contributed by atoms with van der Waals surface area (Å²) in [6.07, 6.45) is 1.50. The second-order valence-electron chi connectivity index (χ2n) is 4.23. The molecule has 0 radical (unpaired) electrons. The molecule has 0 spiro atoms. The Hall–Kier alpha value is -1.63. The number of rotatable bonds is 3. The fourth-order valence-corrected chi connectivity index (χ4v) is 3.27. The van der Waals surface area contributed by atoms with Crippen LogP contribution in [0.25, 0.3) is 16.9 Å². The van der Waals surface area contributed by atoms with E-state index in [0.717, 1.165) is 10.2 Å². The number of aromatic carboxylic acids is 1. The van der Waals surface area contributed by atoms with Gasteiger partial charge in [-0.25, -0.2) is 9.48 Å². The lowest BCUT2D eigenvalue weighted by Gasteiger charge is -2.03. The maximum Gasteiger partial charge on any atom is 0.339 e. The predicted octanol–water partition coefficient (Wildman–Crippen LogP) is 4.71. The van der Waals surface area contributed by atoms with E-state index in [1.165, 1.54) is 17.5 Å². The molecule has 0 aliphatic heterocycles. The zero-order chi connectivity index (χ0) is 15.0. The number of aromatic nitrogens is 2. The van der Waals surface area contributed by atoms with Gasteiger partial charge in [-0.05, 0) is 34.1 Å². The Balaban J connectivity index is 2.18. The van der Waals surface area contributed by atoms with Crippen molar-refractivity contribution in [2.75, 3.05) is 0 Å². The Kier molecular flexibility index (Phi) is 3.84. The highest BCUT2D eigenvalue weighted by Crippen LogP contribution is 2.31. The van der Waals surface area contributed by atoms with Crippen molar-refractivity contribution in [2.24, 2.45) is 0 Å². The minimum absolute atomic E-state index is 0.139. The minimum atomic E-state index is -1.02. The molecule has 0 atom stereocenters. The monoisotopic (exact) mass is 382 g/mol. The van der Waals surface area contributed by atoms with Crippen LogP contribution >= 0.6 is 38.9 Å². The lowest BCUT2D eigenvalue weighted by Crippen LogP contribution is -1.96. The van der Waals surface area contributed by atoms with Gasteiger partial charge in [0.1, 0.15) is 11.3 Å². The van der Waals surface area contributed by atoms with E-state index in [0.29, 0.717) is 15.6 Å². The van der Waals surface area contributed by atoms with Crippen LogP contribution < -0.4 is 0 Å². The second-order valence-corrected chi connectivity index (χ2v) is 6.63. The summed E-state index contributed by atoms with van der Waals surface area (Å²) in [5.74, 6) is -1.02. The lowest BCUT2D eigenvalue weighted by atomic mass is 10.1. The number of hydrogen-bond donors (Lipinski definition) is 1. The Morgan fingerprint density at radius 3 is 2.76 bits per heavy atom. The molecule has 0 saturated heterocycles.